The molecular weight excluding hydrogens is 382 g/mol. The summed E-state index contributed by atoms with van der Waals surface area (Å²) in [5.74, 6) is -0.361. The summed E-state index contributed by atoms with van der Waals surface area (Å²) < 4.78 is 16.2. The fraction of sp³-hybridized carbons (Fsp3) is 0.333. The predicted molar refractivity (Wildman–Crippen MR) is 106 cm³/mol. The maximum Gasteiger partial charge on any atom is 0.338 e. The smallest absolute Gasteiger partial charge is 0.338 e. The number of nitrogens with one attached hydrogen (secondary N) is 1. The minimum atomic E-state index is -0.580. The summed E-state index contributed by atoms with van der Waals surface area (Å²) in [6.45, 7) is 2.73. The highest BCUT2D eigenvalue weighted by Gasteiger charge is 2.16. The van der Waals surface area contributed by atoms with Crippen LogP contribution in [0.2, 0.25) is 5.02 Å². The second kappa shape index (κ2) is 9.57. The summed E-state index contributed by atoms with van der Waals surface area (Å²) in [6.07, 6.45) is 2.19. The number of ether oxygens (including phenoxy) is 3. The van der Waals surface area contributed by atoms with Crippen LogP contribution in [-0.2, 0) is 14.3 Å². The predicted octanol–water partition coefficient (Wildman–Crippen LogP) is 4.00. The summed E-state index contributed by atoms with van der Waals surface area (Å²) in [7, 11) is 0. The van der Waals surface area contributed by atoms with Crippen molar-refractivity contribution in [2.75, 3.05) is 25.1 Å². The van der Waals surface area contributed by atoms with Crippen LogP contribution >= 0.6 is 11.6 Å². The number of benzene rings is 2. The maximum atomic E-state index is 12.1. The molecule has 7 heteroatoms. The average molecular weight is 404 g/mol. The van der Waals surface area contributed by atoms with E-state index >= 15 is 0 Å². The Morgan fingerprint density at radius 2 is 2.00 bits per heavy atom. The van der Waals surface area contributed by atoms with Gasteiger partial charge in [-0.25, -0.2) is 4.79 Å². The highest BCUT2D eigenvalue weighted by Crippen LogP contribution is 2.20. The van der Waals surface area contributed by atoms with Crippen molar-refractivity contribution in [3.05, 3.63) is 58.6 Å². The topological polar surface area (TPSA) is 73.9 Å². The van der Waals surface area contributed by atoms with Crippen LogP contribution < -0.4 is 10.1 Å². The molecule has 1 aliphatic rings. The first-order valence-corrected chi connectivity index (χ1v) is 9.46. The van der Waals surface area contributed by atoms with Gasteiger partial charge in [-0.15, -0.1) is 0 Å². The van der Waals surface area contributed by atoms with Crippen molar-refractivity contribution in [3.8, 4) is 5.75 Å². The lowest BCUT2D eigenvalue weighted by molar-refractivity contribution is -0.119. The van der Waals surface area contributed by atoms with E-state index in [0.717, 1.165) is 25.0 Å². The molecule has 0 aliphatic carbocycles. The van der Waals surface area contributed by atoms with Gasteiger partial charge in [-0.1, -0.05) is 17.7 Å². The van der Waals surface area contributed by atoms with E-state index in [9.17, 15) is 9.59 Å². The van der Waals surface area contributed by atoms with Crippen LogP contribution in [0.4, 0.5) is 5.69 Å². The Morgan fingerprint density at radius 3 is 2.71 bits per heavy atom. The van der Waals surface area contributed by atoms with Crippen LogP contribution in [0.1, 0.15) is 28.8 Å². The lowest BCUT2D eigenvalue weighted by atomic mass is 10.2. The van der Waals surface area contributed by atoms with Gasteiger partial charge in [-0.3, -0.25) is 4.79 Å². The fourth-order valence-electron chi connectivity index (χ4n) is 2.78. The van der Waals surface area contributed by atoms with Gasteiger partial charge in [0.1, 0.15) is 12.4 Å². The van der Waals surface area contributed by atoms with E-state index in [1.165, 1.54) is 0 Å². The number of anilines is 1. The molecule has 28 heavy (non-hydrogen) atoms. The number of halogens is 1. The van der Waals surface area contributed by atoms with Crippen molar-refractivity contribution in [1.29, 1.82) is 0 Å². The quantitative estimate of drug-likeness (QED) is 0.707. The van der Waals surface area contributed by atoms with E-state index in [-0.39, 0.29) is 12.7 Å². The fourth-order valence-corrected chi connectivity index (χ4v) is 2.95. The van der Waals surface area contributed by atoms with Crippen LogP contribution in [0, 0.1) is 6.92 Å². The van der Waals surface area contributed by atoms with Crippen molar-refractivity contribution >= 4 is 29.2 Å². The Hall–Kier alpha value is -2.57. The minimum absolute atomic E-state index is 0.131. The molecule has 1 amide bonds. The van der Waals surface area contributed by atoms with Crippen LogP contribution in [0.15, 0.2) is 42.5 Å². The van der Waals surface area contributed by atoms with E-state index < -0.39 is 11.9 Å². The molecule has 1 saturated heterocycles. The minimum Gasteiger partial charge on any atom is -0.491 e. The Bertz CT molecular complexity index is 831. The number of carbonyl (C=O) groups excluding carboxylic acids is 2. The van der Waals surface area contributed by atoms with Gasteiger partial charge in [-0.05, 0) is 61.7 Å². The van der Waals surface area contributed by atoms with Gasteiger partial charge in [0.2, 0.25) is 0 Å². The standard InChI is InChI=1S/C21H22ClNO5/c1-14-4-7-16(22)11-19(14)23-20(24)13-28-21(25)15-5-8-17(9-6-15)27-12-18-3-2-10-26-18/h4-9,11,18H,2-3,10,12-13H2,1H3,(H,23,24)/t18-/m1/s1. The summed E-state index contributed by atoms with van der Waals surface area (Å²) in [4.78, 5) is 24.1. The Balaban J connectivity index is 1.46. The molecular formula is C21H22ClNO5. The van der Waals surface area contributed by atoms with E-state index in [0.29, 0.717) is 28.6 Å². The molecule has 0 spiro atoms. The molecule has 0 radical (unpaired) electrons. The van der Waals surface area contributed by atoms with Crippen molar-refractivity contribution in [3.63, 3.8) is 0 Å². The number of aryl methyl sites for hydroxylation is 1. The van der Waals surface area contributed by atoms with Crippen molar-refractivity contribution in [2.24, 2.45) is 0 Å². The summed E-state index contributed by atoms with van der Waals surface area (Å²) >= 11 is 5.93. The first-order valence-electron chi connectivity index (χ1n) is 9.09. The second-order valence-electron chi connectivity index (χ2n) is 6.55. The molecule has 0 aromatic heterocycles. The molecule has 0 unspecified atom stereocenters. The van der Waals surface area contributed by atoms with Crippen molar-refractivity contribution in [2.45, 2.75) is 25.9 Å². The molecule has 0 bridgehead atoms. The molecule has 1 aliphatic heterocycles. The first-order chi connectivity index (χ1) is 13.5. The third-order valence-electron chi connectivity index (χ3n) is 4.36. The molecule has 148 valence electrons. The number of rotatable bonds is 7. The lowest BCUT2D eigenvalue weighted by Gasteiger charge is -2.12. The van der Waals surface area contributed by atoms with Gasteiger partial charge >= 0.3 is 5.97 Å². The molecule has 2 aromatic rings. The highest BCUT2D eigenvalue weighted by atomic mass is 35.5. The number of carbonyl (C=O) groups is 2. The molecule has 3 rings (SSSR count). The van der Waals surface area contributed by atoms with E-state index in [2.05, 4.69) is 5.32 Å². The van der Waals surface area contributed by atoms with Gasteiger partial charge in [-0.2, -0.15) is 0 Å². The first kappa shape index (κ1) is 20.2. The third-order valence-corrected chi connectivity index (χ3v) is 4.59. The molecule has 1 N–H and O–H groups in total. The zero-order chi connectivity index (χ0) is 19.9. The number of hydrogen-bond donors (Lipinski definition) is 1. The summed E-state index contributed by atoms with van der Waals surface area (Å²) in [6, 6.07) is 11.8. The molecule has 1 atom stereocenters. The zero-order valence-corrected chi connectivity index (χ0v) is 16.3. The van der Waals surface area contributed by atoms with E-state index in [1.807, 2.05) is 6.92 Å². The zero-order valence-electron chi connectivity index (χ0n) is 15.6. The van der Waals surface area contributed by atoms with Gasteiger partial charge in [0.25, 0.3) is 5.91 Å². The van der Waals surface area contributed by atoms with E-state index in [4.69, 9.17) is 25.8 Å². The Labute approximate surface area is 168 Å². The molecule has 0 saturated carbocycles. The SMILES string of the molecule is Cc1ccc(Cl)cc1NC(=O)COC(=O)c1ccc(OC[C@H]2CCCO2)cc1. The summed E-state index contributed by atoms with van der Waals surface area (Å²) in [5, 5.41) is 3.19. The lowest BCUT2D eigenvalue weighted by Crippen LogP contribution is -2.21. The number of hydrogen-bond acceptors (Lipinski definition) is 5. The van der Waals surface area contributed by atoms with Gasteiger partial charge in [0.05, 0.1) is 11.7 Å². The Kier molecular flexibility index (Phi) is 6.90. The number of amides is 1. The number of esters is 1. The molecule has 6 nitrogen and oxygen atoms in total. The van der Waals surface area contributed by atoms with E-state index in [1.54, 1.807) is 42.5 Å². The van der Waals surface area contributed by atoms with Crippen LogP contribution in [-0.4, -0.2) is 37.8 Å². The van der Waals surface area contributed by atoms with Crippen molar-refractivity contribution < 1.29 is 23.8 Å². The molecule has 1 heterocycles. The molecule has 1 fully saturated rings. The van der Waals surface area contributed by atoms with Crippen LogP contribution in [0.25, 0.3) is 0 Å². The Morgan fingerprint density at radius 1 is 1.21 bits per heavy atom. The second-order valence-corrected chi connectivity index (χ2v) is 6.99. The summed E-state index contributed by atoms with van der Waals surface area (Å²) in [5.41, 5.74) is 1.79. The van der Waals surface area contributed by atoms with Crippen LogP contribution in [0.5, 0.6) is 5.75 Å². The molecule has 2 aromatic carbocycles. The van der Waals surface area contributed by atoms with Gasteiger partial charge < -0.3 is 19.5 Å². The average Bonchev–Trinajstić information content (AvgIpc) is 3.21. The highest BCUT2D eigenvalue weighted by molar-refractivity contribution is 6.31. The van der Waals surface area contributed by atoms with Crippen molar-refractivity contribution in [1.82, 2.24) is 0 Å². The van der Waals surface area contributed by atoms with Gasteiger partial charge in [0, 0.05) is 17.3 Å². The van der Waals surface area contributed by atoms with Gasteiger partial charge in [0.15, 0.2) is 6.61 Å². The monoisotopic (exact) mass is 403 g/mol. The third kappa shape index (κ3) is 5.71. The maximum absolute atomic E-state index is 12.1. The largest absolute Gasteiger partial charge is 0.491 e. The normalized spacial score (nSPS) is 15.9. The van der Waals surface area contributed by atoms with Crippen LogP contribution in [0.3, 0.4) is 0 Å².